The number of amides is 2. The van der Waals surface area contributed by atoms with Crippen molar-refractivity contribution in [2.45, 2.75) is 25.7 Å². The third-order valence-electron chi connectivity index (χ3n) is 4.48. The maximum absolute atomic E-state index is 13.2. The summed E-state index contributed by atoms with van der Waals surface area (Å²) < 4.78 is 14.9. The minimum absolute atomic E-state index is 0.185. The van der Waals surface area contributed by atoms with Crippen molar-refractivity contribution < 1.29 is 14.0 Å². The molecule has 0 unspecified atom stereocenters. The fourth-order valence-electron chi connectivity index (χ4n) is 3.04. The van der Waals surface area contributed by atoms with Gasteiger partial charge in [0.15, 0.2) is 5.69 Å². The van der Waals surface area contributed by atoms with Crippen molar-refractivity contribution in [2.24, 2.45) is 0 Å². The summed E-state index contributed by atoms with van der Waals surface area (Å²) in [5.41, 5.74) is 3.11. The Labute approximate surface area is 161 Å². The quantitative estimate of drug-likeness (QED) is 0.702. The highest BCUT2D eigenvalue weighted by Crippen LogP contribution is 2.41. The van der Waals surface area contributed by atoms with Gasteiger partial charge in [-0.3, -0.25) is 9.59 Å². The van der Waals surface area contributed by atoms with Crippen molar-refractivity contribution in [3.05, 3.63) is 71.8 Å². The summed E-state index contributed by atoms with van der Waals surface area (Å²) in [6.07, 6.45) is 2.10. The van der Waals surface area contributed by atoms with Gasteiger partial charge in [0.05, 0.1) is 5.69 Å². The molecule has 1 aliphatic rings. The number of carbonyl (C=O) groups excluding carboxylic acids is 2. The summed E-state index contributed by atoms with van der Waals surface area (Å²) in [6.45, 7) is 1.42. The molecule has 0 saturated heterocycles. The van der Waals surface area contributed by atoms with Crippen molar-refractivity contribution in [1.82, 2.24) is 9.78 Å². The number of benzene rings is 2. The second-order valence-electron chi connectivity index (χ2n) is 6.83. The van der Waals surface area contributed by atoms with Gasteiger partial charge in [0, 0.05) is 29.9 Å². The number of rotatable bonds is 5. The summed E-state index contributed by atoms with van der Waals surface area (Å²) in [5.74, 6) is -0.485. The minimum atomic E-state index is -0.345. The monoisotopic (exact) mass is 378 g/mol. The largest absolute Gasteiger partial charge is 0.326 e. The van der Waals surface area contributed by atoms with Crippen LogP contribution in [0.2, 0.25) is 0 Å². The molecular weight excluding hydrogens is 359 g/mol. The lowest BCUT2D eigenvalue weighted by atomic mass is 10.2. The zero-order chi connectivity index (χ0) is 19.7. The van der Waals surface area contributed by atoms with E-state index >= 15 is 0 Å². The highest BCUT2D eigenvalue weighted by molar-refractivity contribution is 6.03. The molecule has 1 saturated carbocycles. The fraction of sp³-hybridized carbons (Fsp3) is 0.190. The molecule has 0 bridgehead atoms. The van der Waals surface area contributed by atoms with E-state index in [1.54, 1.807) is 47.1 Å². The molecule has 4 rings (SSSR count). The second kappa shape index (κ2) is 7.26. The zero-order valence-electron chi connectivity index (χ0n) is 15.3. The van der Waals surface area contributed by atoms with Crippen molar-refractivity contribution in [3.63, 3.8) is 0 Å². The normalized spacial score (nSPS) is 13.2. The standard InChI is InChI=1S/C21H19FN4O2/c1-13(27)23-16-3-2-4-17(11-16)24-21(28)19-12-20(14-5-6-14)26(25-19)18-9-7-15(22)8-10-18/h2-4,7-12,14H,5-6H2,1H3,(H,23,27)(H,24,28). The first-order chi connectivity index (χ1) is 13.5. The van der Waals surface area contributed by atoms with E-state index in [9.17, 15) is 14.0 Å². The number of nitrogens with one attached hydrogen (secondary N) is 2. The highest BCUT2D eigenvalue weighted by atomic mass is 19.1. The van der Waals surface area contributed by atoms with Crippen LogP contribution in [0.4, 0.5) is 15.8 Å². The lowest BCUT2D eigenvalue weighted by Gasteiger charge is -2.07. The number of halogens is 1. The average Bonchev–Trinajstić information content (AvgIpc) is 3.40. The first kappa shape index (κ1) is 17.9. The van der Waals surface area contributed by atoms with Gasteiger partial charge in [0.25, 0.3) is 5.91 Å². The molecular formula is C21H19FN4O2. The molecule has 3 aromatic rings. The Bertz CT molecular complexity index is 1040. The smallest absolute Gasteiger partial charge is 0.276 e. The van der Waals surface area contributed by atoms with Gasteiger partial charge in [0.1, 0.15) is 5.82 Å². The molecule has 1 aliphatic carbocycles. The van der Waals surface area contributed by atoms with Crippen LogP contribution in [0.25, 0.3) is 5.69 Å². The molecule has 0 atom stereocenters. The van der Waals surface area contributed by atoms with Crippen LogP contribution >= 0.6 is 0 Å². The van der Waals surface area contributed by atoms with Crippen LogP contribution < -0.4 is 10.6 Å². The van der Waals surface area contributed by atoms with E-state index in [2.05, 4.69) is 15.7 Å². The summed E-state index contributed by atoms with van der Waals surface area (Å²) in [7, 11) is 0. The number of nitrogens with zero attached hydrogens (tertiary/aromatic N) is 2. The van der Waals surface area contributed by atoms with Gasteiger partial charge in [-0.15, -0.1) is 0 Å². The first-order valence-electron chi connectivity index (χ1n) is 9.04. The van der Waals surface area contributed by atoms with Crippen molar-refractivity contribution in [2.75, 3.05) is 10.6 Å². The Morgan fingerprint density at radius 2 is 1.71 bits per heavy atom. The third-order valence-corrected chi connectivity index (χ3v) is 4.48. The highest BCUT2D eigenvalue weighted by Gasteiger charge is 2.29. The predicted molar refractivity (Wildman–Crippen MR) is 104 cm³/mol. The van der Waals surface area contributed by atoms with E-state index in [1.165, 1.54) is 19.1 Å². The molecule has 7 heteroatoms. The van der Waals surface area contributed by atoms with Crippen LogP contribution in [0.1, 0.15) is 41.9 Å². The van der Waals surface area contributed by atoms with E-state index < -0.39 is 0 Å². The van der Waals surface area contributed by atoms with Crippen LogP contribution in [-0.4, -0.2) is 21.6 Å². The average molecular weight is 378 g/mol. The summed E-state index contributed by atoms with van der Waals surface area (Å²) in [4.78, 5) is 23.9. The van der Waals surface area contributed by atoms with Crippen LogP contribution in [0.15, 0.2) is 54.6 Å². The van der Waals surface area contributed by atoms with Gasteiger partial charge in [-0.05, 0) is 61.4 Å². The minimum Gasteiger partial charge on any atom is -0.326 e. The van der Waals surface area contributed by atoms with Gasteiger partial charge < -0.3 is 10.6 Å². The summed E-state index contributed by atoms with van der Waals surface area (Å²) in [5, 5.41) is 9.94. The number of anilines is 2. The van der Waals surface area contributed by atoms with Crippen LogP contribution in [0.5, 0.6) is 0 Å². The van der Waals surface area contributed by atoms with E-state index in [1.807, 2.05) is 0 Å². The molecule has 2 aromatic carbocycles. The lowest BCUT2D eigenvalue weighted by molar-refractivity contribution is -0.114. The first-order valence-corrected chi connectivity index (χ1v) is 9.04. The number of hydrogen-bond donors (Lipinski definition) is 2. The SMILES string of the molecule is CC(=O)Nc1cccc(NC(=O)c2cc(C3CC3)n(-c3ccc(F)cc3)n2)c1. The summed E-state index contributed by atoms with van der Waals surface area (Å²) in [6, 6.07) is 14.7. The molecule has 28 heavy (non-hydrogen) atoms. The van der Waals surface area contributed by atoms with Gasteiger partial charge >= 0.3 is 0 Å². The topological polar surface area (TPSA) is 76.0 Å². The Kier molecular flexibility index (Phi) is 4.65. The van der Waals surface area contributed by atoms with Crippen molar-refractivity contribution in [3.8, 4) is 5.69 Å². The summed E-state index contributed by atoms with van der Waals surface area (Å²) >= 11 is 0. The van der Waals surface area contributed by atoms with Gasteiger partial charge in [-0.2, -0.15) is 5.10 Å². The van der Waals surface area contributed by atoms with Gasteiger partial charge in [0.2, 0.25) is 5.91 Å². The van der Waals surface area contributed by atoms with E-state index in [4.69, 9.17) is 0 Å². The molecule has 0 aliphatic heterocycles. The number of carbonyl (C=O) groups is 2. The van der Waals surface area contributed by atoms with E-state index in [-0.39, 0.29) is 23.3 Å². The molecule has 0 spiro atoms. The van der Waals surface area contributed by atoms with Gasteiger partial charge in [-0.1, -0.05) is 6.07 Å². The van der Waals surface area contributed by atoms with E-state index in [0.717, 1.165) is 24.2 Å². The third kappa shape index (κ3) is 3.93. The number of hydrogen-bond acceptors (Lipinski definition) is 3. The second-order valence-corrected chi connectivity index (χ2v) is 6.83. The van der Waals surface area contributed by atoms with Crippen LogP contribution in [-0.2, 0) is 4.79 Å². The molecule has 2 amide bonds. The maximum Gasteiger partial charge on any atom is 0.276 e. The molecule has 1 fully saturated rings. The maximum atomic E-state index is 13.2. The molecule has 2 N–H and O–H groups in total. The van der Waals surface area contributed by atoms with Crippen LogP contribution in [0.3, 0.4) is 0 Å². The lowest BCUT2D eigenvalue weighted by Crippen LogP contribution is -2.13. The fourth-order valence-corrected chi connectivity index (χ4v) is 3.04. The molecule has 0 radical (unpaired) electrons. The molecule has 142 valence electrons. The van der Waals surface area contributed by atoms with E-state index in [0.29, 0.717) is 17.3 Å². The van der Waals surface area contributed by atoms with Gasteiger partial charge in [-0.25, -0.2) is 9.07 Å². The number of aromatic nitrogens is 2. The molecule has 1 aromatic heterocycles. The molecule has 1 heterocycles. The van der Waals surface area contributed by atoms with Crippen LogP contribution in [0, 0.1) is 5.82 Å². The zero-order valence-corrected chi connectivity index (χ0v) is 15.3. The van der Waals surface area contributed by atoms with Crippen molar-refractivity contribution >= 4 is 23.2 Å². The Hall–Kier alpha value is -3.48. The Morgan fingerprint density at radius 1 is 1.04 bits per heavy atom. The predicted octanol–water partition coefficient (Wildman–Crippen LogP) is 4.10. The Morgan fingerprint density at radius 3 is 2.36 bits per heavy atom. The Balaban J connectivity index is 1.59. The molecule has 6 nitrogen and oxygen atoms in total. The van der Waals surface area contributed by atoms with Crippen molar-refractivity contribution in [1.29, 1.82) is 0 Å².